The van der Waals surface area contributed by atoms with Crippen LogP contribution in [0.3, 0.4) is 0 Å². The largest absolute Gasteiger partial charge is 0.305 e. The van der Waals surface area contributed by atoms with Gasteiger partial charge in [0.05, 0.1) is 5.54 Å². The Bertz CT molecular complexity index is 433. The lowest BCUT2D eigenvalue weighted by atomic mass is 9.86. The number of carbonyl (C=O) groups is 1. The maximum absolute atomic E-state index is 13.1. The van der Waals surface area contributed by atoms with E-state index in [1.54, 1.807) is 0 Å². The standard InChI is InChI=1S/C14H17F2NO/c1-2-14(4-3-5-17-14)13(18)8-10-6-11(15)9-12(16)7-10/h6-7,9,17H,2-5,8H2,1H3. The van der Waals surface area contributed by atoms with Crippen molar-refractivity contribution in [1.82, 2.24) is 5.32 Å². The van der Waals surface area contributed by atoms with E-state index in [0.29, 0.717) is 12.0 Å². The molecule has 1 aliphatic rings. The maximum Gasteiger partial charge on any atom is 0.157 e. The first-order valence-electron chi connectivity index (χ1n) is 6.29. The average Bonchev–Trinajstić information content (AvgIpc) is 2.77. The molecule has 1 unspecified atom stereocenters. The van der Waals surface area contributed by atoms with Crippen LogP contribution in [-0.4, -0.2) is 17.9 Å². The van der Waals surface area contributed by atoms with E-state index in [-0.39, 0.29) is 12.2 Å². The molecule has 4 heteroatoms. The Labute approximate surface area is 105 Å². The molecule has 2 nitrogen and oxygen atoms in total. The summed E-state index contributed by atoms with van der Waals surface area (Å²) in [5, 5.41) is 3.23. The lowest BCUT2D eigenvalue weighted by Crippen LogP contribution is -2.47. The SMILES string of the molecule is CCC1(C(=O)Cc2cc(F)cc(F)c2)CCCN1. The molecule has 0 radical (unpaired) electrons. The van der Waals surface area contributed by atoms with E-state index in [1.165, 1.54) is 12.1 Å². The second kappa shape index (κ2) is 5.14. The Morgan fingerprint density at radius 3 is 2.50 bits per heavy atom. The molecular formula is C14H17F2NO. The van der Waals surface area contributed by atoms with Crippen LogP contribution in [0, 0.1) is 11.6 Å². The highest BCUT2D eigenvalue weighted by molar-refractivity contribution is 5.90. The number of nitrogens with one attached hydrogen (secondary N) is 1. The van der Waals surface area contributed by atoms with Crippen LogP contribution in [0.25, 0.3) is 0 Å². The van der Waals surface area contributed by atoms with Crippen molar-refractivity contribution in [1.29, 1.82) is 0 Å². The van der Waals surface area contributed by atoms with Crippen molar-refractivity contribution in [2.75, 3.05) is 6.54 Å². The predicted molar refractivity (Wildman–Crippen MR) is 65.3 cm³/mol. The van der Waals surface area contributed by atoms with Gasteiger partial charge in [-0.3, -0.25) is 4.79 Å². The van der Waals surface area contributed by atoms with E-state index in [0.717, 1.165) is 25.5 Å². The zero-order valence-electron chi connectivity index (χ0n) is 10.4. The molecule has 1 saturated heterocycles. The Morgan fingerprint density at radius 1 is 1.33 bits per heavy atom. The number of Topliss-reactive ketones (excluding diaryl/α,β-unsaturated/α-hetero) is 1. The summed E-state index contributed by atoms with van der Waals surface area (Å²) in [4.78, 5) is 12.3. The number of benzene rings is 1. The minimum Gasteiger partial charge on any atom is -0.305 e. The Hall–Kier alpha value is -1.29. The van der Waals surface area contributed by atoms with Crippen molar-refractivity contribution < 1.29 is 13.6 Å². The zero-order valence-corrected chi connectivity index (χ0v) is 10.4. The van der Waals surface area contributed by atoms with E-state index in [9.17, 15) is 13.6 Å². The summed E-state index contributed by atoms with van der Waals surface area (Å²) in [6.07, 6.45) is 2.57. The molecular weight excluding hydrogens is 236 g/mol. The van der Waals surface area contributed by atoms with Crippen molar-refractivity contribution in [3.8, 4) is 0 Å². The van der Waals surface area contributed by atoms with Crippen LogP contribution in [0.2, 0.25) is 0 Å². The molecule has 1 atom stereocenters. The normalized spacial score (nSPS) is 23.3. The highest BCUT2D eigenvalue weighted by atomic mass is 19.1. The number of hydrogen-bond acceptors (Lipinski definition) is 2. The lowest BCUT2D eigenvalue weighted by Gasteiger charge is -2.26. The summed E-state index contributed by atoms with van der Waals surface area (Å²) in [6, 6.07) is 3.26. The van der Waals surface area contributed by atoms with Crippen LogP contribution in [0.5, 0.6) is 0 Å². The molecule has 0 aromatic heterocycles. The number of rotatable bonds is 4. The van der Waals surface area contributed by atoms with Gasteiger partial charge in [0.15, 0.2) is 5.78 Å². The third-order valence-electron chi connectivity index (χ3n) is 3.67. The Balaban J connectivity index is 2.15. The molecule has 0 spiro atoms. The van der Waals surface area contributed by atoms with Gasteiger partial charge in [-0.1, -0.05) is 6.92 Å². The maximum atomic E-state index is 13.1. The molecule has 0 amide bonds. The first kappa shape index (κ1) is 13.1. The molecule has 1 N–H and O–H groups in total. The summed E-state index contributed by atoms with van der Waals surface area (Å²) in [6.45, 7) is 2.79. The summed E-state index contributed by atoms with van der Waals surface area (Å²) < 4.78 is 26.1. The zero-order chi connectivity index (χ0) is 13.2. The fourth-order valence-electron chi connectivity index (χ4n) is 2.61. The van der Waals surface area contributed by atoms with Gasteiger partial charge in [-0.05, 0) is 43.5 Å². The van der Waals surface area contributed by atoms with Crippen LogP contribution >= 0.6 is 0 Å². The van der Waals surface area contributed by atoms with Crippen molar-refractivity contribution in [2.24, 2.45) is 0 Å². The first-order valence-corrected chi connectivity index (χ1v) is 6.29. The summed E-state index contributed by atoms with van der Waals surface area (Å²) in [5.41, 5.74) is -0.0954. The second-order valence-corrected chi connectivity index (χ2v) is 4.84. The van der Waals surface area contributed by atoms with Gasteiger partial charge in [-0.15, -0.1) is 0 Å². The average molecular weight is 253 g/mol. The smallest absolute Gasteiger partial charge is 0.157 e. The van der Waals surface area contributed by atoms with Crippen LogP contribution < -0.4 is 5.32 Å². The third kappa shape index (κ3) is 2.58. The third-order valence-corrected chi connectivity index (χ3v) is 3.67. The van der Waals surface area contributed by atoms with Gasteiger partial charge in [-0.25, -0.2) is 8.78 Å². The van der Waals surface area contributed by atoms with Crippen molar-refractivity contribution in [3.05, 3.63) is 35.4 Å². The molecule has 2 rings (SSSR count). The molecule has 1 fully saturated rings. The fraction of sp³-hybridized carbons (Fsp3) is 0.500. The minimum atomic E-state index is -0.636. The molecule has 0 aliphatic carbocycles. The highest BCUT2D eigenvalue weighted by Crippen LogP contribution is 2.25. The Kier molecular flexibility index (Phi) is 3.76. The number of halogens is 2. The van der Waals surface area contributed by atoms with Crippen LogP contribution in [0.4, 0.5) is 8.78 Å². The molecule has 1 aromatic carbocycles. The van der Waals surface area contributed by atoms with Crippen LogP contribution in [-0.2, 0) is 11.2 Å². The molecule has 1 aliphatic heterocycles. The molecule has 0 bridgehead atoms. The van der Waals surface area contributed by atoms with Crippen LogP contribution in [0.15, 0.2) is 18.2 Å². The number of hydrogen-bond donors (Lipinski definition) is 1. The molecule has 18 heavy (non-hydrogen) atoms. The molecule has 0 saturated carbocycles. The Morgan fingerprint density at radius 2 is 2.00 bits per heavy atom. The van der Waals surface area contributed by atoms with E-state index < -0.39 is 17.2 Å². The highest BCUT2D eigenvalue weighted by Gasteiger charge is 2.38. The van der Waals surface area contributed by atoms with Crippen molar-refractivity contribution in [2.45, 2.75) is 38.1 Å². The van der Waals surface area contributed by atoms with Crippen molar-refractivity contribution >= 4 is 5.78 Å². The van der Waals surface area contributed by atoms with E-state index in [2.05, 4.69) is 5.32 Å². The van der Waals surface area contributed by atoms with E-state index in [1.807, 2.05) is 6.92 Å². The quantitative estimate of drug-likeness (QED) is 0.893. The molecule has 1 heterocycles. The fourth-order valence-corrected chi connectivity index (χ4v) is 2.61. The van der Waals surface area contributed by atoms with Crippen LogP contribution in [0.1, 0.15) is 31.7 Å². The van der Waals surface area contributed by atoms with Gasteiger partial charge in [0.25, 0.3) is 0 Å². The van der Waals surface area contributed by atoms with Gasteiger partial charge in [0, 0.05) is 12.5 Å². The summed E-state index contributed by atoms with van der Waals surface area (Å²) in [5.74, 6) is -1.25. The minimum absolute atomic E-state index is 0.0208. The lowest BCUT2D eigenvalue weighted by molar-refractivity contribution is -0.124. The first-order chi connectivity index (χ1) is 8.55. The summed E-state index contributed by atoms with van der Waals surface area (Å²) in [7, 11) is 0. The van der Waals surface area contributed by atoms with E-state index >= 15 is 0 Å². The van der Waals surface area contributed by atoms with E-state index in [4.69, 9.17) is 0 Å². The van der Waals surface area contributed by atoms with Gasteiger partial charge < -0.3 is 5.32 Å². The number of carbonyl (C=O) groups excluding carboxylic acids is 1. The molecule has 1 aromatic rings. The summed E-state index contributed by atoms with van der Waals surface area (Å²) >= 11 is 0. The van der Waals surface area contributed by atoms with Gasteiger partial charge in [0.2, 0.25) is 0 Å². The van der Waals surface area contributed by atoms with Gasteiger partial charge in [0.1, 0.15) is 11.6 Å². The monoisotopic (exact) mass is 253 g/mol. The number of ketones is 1. The van der Waals surface area contributed by atoms with Gasteiger partial charge >= 0.3 is 0 Å². The van der Waals surface area contributed by atoms with Gasteiger partial charge in [-0.2, -0.15) is 0 Å². The second-order valence-electron chi connectivity index (χ2n) is 4.84. The van der Waals surface area contributed by atoms with Crippen molar-refractivity contribution in [3.63, 3.8) is 0 Å². The predicted octanol–water partition coefficient (Wildman–Crippen LogP) is 2.61. The molecule has 98 valence electrons. The topological polar surface area (TPSA) is 29.1 Å².